The molecule has 0 unspecified atom stereocenters. The highest BCUT2D eigenvalue weighted by molar-refractivity contribution is 7.07. The molecule has 7 heteroatoms. The minimum Gasteiger partial charge on any atom is -0.319 e. The summed E-state index contributed by atoms with van der Waals surface area (Å²) in [7, 11) is 0. The van der Waals surface area contributed by atoms with Crippen LogP contribution in [0.4, 0.5) is 0 Å². The Bertz CT molecular complexity index is 1250. The number of aromatic nitrogens is 3. The number of rotatable bonds is 6. The molecule has 1 N–H and O–H groups in total. The minimum absolute atomic E-state index is 0.151. The highest BCUT2D eigenvalue weighted by atomic mass is 32.1. The number of hydrogen-bond acceptors (Lipinski definition) is 4. The smallest absolute Gasteiger partial charge is 0.258 e. The predicted octanol–water partition coefficient (Wildman–Crippen LogP) is 3.28. The van der Waals surface area contributed by atoms with Gasteiger partial charge < -0.3 is 9.55 Å². The van der Waals surface area contributed by atoms with Crippen molar-refractivity contribution >= 4 is 28.1 Å². The van der Waals surface area contributed by atoms with Gasteiger partial charge in [0, 0.05) is 31.0 Å². The Morgan fingerprint density at radius 1 is 1.10 bits per heavy atom. The zero-order chi connectivity index (χ0) is 20.1. The molecule has 146 valence electrons. The summed E-state index contributed by atoms with van der Waals surface area (Å²) in [5.74, 6) is 0.425. The molecule has 4 rings (SSSR count). The van der Waals surface area contributed by atoms with Crippen LogP contribution in [0.2, 0.25) is 0 Å². The monoisotopic (exact) mass is 404 g/mol. The van der Waals surface area contributed by atoms with Gasteiger partial charge in [0.2, 0.25) is 5.91 Å². The van der Waals surface area contributed by atoms with E-state index in [0.717, 1.165) is 5.56 Å². The van der Waals surface area contributed by atoms with E-state index in [1.807, 2.05) is 64.7 Å². The van der Waals surface area contributed by atoms with E-state index in [9.17, 15) is 9.59 Å². The Kier molecular flexibility index (Phi) is 5.76. The second-order valence-electron chi connectivity index (χ2n) is 6.69. The molecule has 4 aromatic rings. The van der Waals surface area contributed by atoms with E-state index in [2.05, 4.69) is 15.0 Å². The molecule has 1 amide bonds. The van der Waals surface area contributed by atoms with Crippen LogP contribution < -0.4 is 10.4 Å². The van der Waals surface area contributed by atoms with Gasteiger partial charge in [0.05, 0.1) is 10.9 Å². The number of benzene rings is 2. The molecule has 0 atom stereocenters. The van der Waals surface area contributed by atoms with E-state index in [1.54, 1.807) is 6.07 Å². The van der Waals surface area contributed by atoms with E-state index in [-0.39, 0.29) is 11.5 Å². The molecule has 0 saturated heterocycles. The van der Waals surface area contributed by atoms with Crippen molar-refractivity contribution < 1.29 is 4.79 Å². The lowest BCUT2D eigenvalue weighted by atomic mass is 10.2. The van der Waals surface area contributed by atoms with Gasteiger partial charge in [0.15, 0.2) is 4.80 Å². The second-order valence-corrected chi connectivity index (χ2v) is 7.56. The van der Waals surface area contributed by atoms with E-state index in [1.165, 1.54) is 11.3 Å². The van der Waals surface area contributed by atoms with E-state index in [0.29, 0.717) is 47.3 Å². The van der Waals surface area contributed by atoms with Gasteiger partial charge in [-0.1, -0.05) is 42.5 Å². The van der Waals surface area contributed by atoms with Crippen LogP contribution in [-0.4, -0.2) is 20.4 Å². The van der Waals surface area contributed by atoms with Gasteiger partial charge in [-0.15, -0.1) is 11.3 Å². The lowest BCUT2D eigenvalue weighted by Crippen LogP contribution is -2.17. The third-order valence-electron chi connectivity index (χ3n) is 4.54. The van der Waals surface area contributed by atoms with E-state index < -0.39 is 0 Å². The summed E-state index contributed by atoms with van der Waals surface area (Å²) in [5.41, 5.74) is 1.68. The van der Waals surface area contributed by atoms with Crippen LogP contribution in [0, 0.1) is 0 Å². The van der Waals surface area contributed by atoms with Crippen molar-refractivity contribution in [1.29, 1.82) is 0 Å². The molecule has 0 aliphatic rings. The Morgan fingerprint density at radius 2 is 1.90 bits per heavy atom. The fourth-order valence-corrected chi connectivity index (χ4v) is 3.85. The van der Waals surface area contributed by atoms with Crippen LogP contribution in [0.5, 0.6) is 0 Å². The van der Waals surface area contributed by atoms with Crippen LogP contribution >= 0.6 is 11.3 Å². The summed E-state index contributed by atoms with van der Waals surface area (Å²) in [5, 5.41) is 2.50. The van der Waals surface area contributed by atoms with Crippen LogP contribution in [-0.2, 0) is 17.8 Å². The van der Waals surface area contributed by atoms with Crippen molar-refractivity contribution in [3.05, 3.63) is 92.7 Å². The number of aromatic amines is 1. The largest absolute Gasteiger partial charge is 0.319 e. The highest BCUT2D eigenvalue weighted by Crippen LogP contribution is 2.08. The summed E-state index contributed by atoms with van der Waals surface area (Å²) in [6.45, 7) is 0.679. The molecule has 0 fully saturated rings. The fraction of sp³-hybridized carbons (Fsp3) is 0.182. The van der Waals surface area contributed by atoms with Crippen LogP contribution in [0.25, 0.3) is 10.9 Å². The van der Waals surface area contributed by atoms with Crippen molar-refractivity contribution in [3.63, 3.8) is 0 Å². The first-order chi connectivity index (χ1) is 14.2. The third-order valence-corrected chi connectivity index (χ3v) is 5.34. The maximum atomic E-state index is 12.3. The molecule has 0 aliphatic heterocycles. The Morgan fingerprint density at radius 3 is 2.76 bits per heavy atom. The molecule has 2 aromatic carbocycles. The lowest BCUT2D eigenvalue weighted by Gasteiger charge is -2.03. The van der Waals surface area contributed by atoms with E-state index >= 15 is 0 Å². The van der Waals surface area contributed by atoms with Crippen molar-refractivity contribution in [1.82, 2.24) is 14.5 Å². The molecule has 2 heterocycles. The first kappa shape index (κ1) is 19.0. The fourth-order valence-electron chi connectivity index (χ4n) is 3.11. The average molecular weight is 404 g/mol. The van der Waals surface area contributed by atoms with Crippen LogP contribution in [0.3, 0.4) is 0 Å². The van der Waals surface area contributed by atoms with Crippen molar-refractivity contribution in [3.8, 4) is 0 Å². The number of fused-ring (bicyclic) bond motifs is 1. The molecule has 2 aromatic heterocycles. The highest BCUT2D eigenvalue weighted by Gasteiger charge is 2.06. The molecule has 0 aliphatic carbocycles. The maximum Gasteiger partial charge on any atom is 0.258 e. The maximum absolute atomic E-state index is 12.3. The van der Waals surface area contributed by atoms with E-state index in [4.69, 9.17) is 0 Å². The van der Waals surface area contributed by atoms with Crippen molar-refractivity contribution in [2.75, 3.05) is 0 Å². The van der Waals surface area contributed by atoms with Gasteiger partial charge in [-0.2, -0.15) is 4.99 Å². The Balaban J connectivity index is 1.40. The van der Waals surface area contributed by atoms with Gasteiger partial charge in [0.1, 0.15) is 5.82 Å². The molecule has 0 bridgehead atoms. The number of aryl methyl sites for hydroxylation is 1. The number of amides is 1. The third kappa shape index (κ3) is 4.75. The van der Waals surface area contributed by atoms with Crippen LogP contribution in [0.15, 0.2) is 76.0 Å². The van der Waals surface area contributed by atoms with Gasteiger partial charge >= 0.3 is 0 Å². The van der Waals surface area contributed by atoms with Crippen LogP contribution in [0.1, 0.15) is 24.2 Å². The topological polar surface area (TPSA) is 80.1 Å². The number of para-hydroxylation sites is 1. The molecule has 0 radical (unpaired) electrons. The summed E-state index contributed by atoms with van der Waals surface area (Å²) < 4.78 is 1.97. The molecular formula is C22H20N4O2S. The summed E-state index contributed by atoms with van der Waals surface area (Å²) in [4.78, 5) is 36.7. The number of carbonyl (C=O) groups is 1. The van der Waals surface area contributed by atoms with Gasteiger partial charge in [-0.25, -0.2) is 4.98 Å². The number of nitrogens with zero attached hydrogens (tertiary/aromatic N) is 3. The first-order valence-electron chi connectivity index (χ1n) is 9.42. The predicted molar refractivity (Wildman–Crippen MR) is 114 cm³/mol. The average Bonchev–Trinajstić information content (AvgIpc) is 3.15. The van der Waals surface area contributed by atoms with Gasteiger partial charge in [0.25, 0.3) is 5.56 Å². The number of H-pyrrole nitrogens is 1. The molecule has 0 saturated carbocycles. The van der Waals surface area contributed by atoms with Crippen molar-refractivity contribution in [2.45, 2.75) is 25.8 Å². The number of nitrogens with one attached hydrogen (secondary N) is 1. The quantitative estimate of drug-likeness (QED) is 0.536. The Labute approximate surface area is 171 Å². The molecule has 29 heavy (non-hydrogen) atoms. The number of thiazole rings is 1. The summed E-state index contributed by atoms with van der Waals surface area (Å²) in [6, 6.07) is 17.3. The molecule has 0 spiro atoms. The number of carbonyl (C=O) groups excluding carboxylic acids is 1. The Hall–Kier alpha value is -3.32. The molecular weight excluding hydrogens is 384 g/mol. The van der Waals surface area contributed by atoms with Crippen molar-refractivity contribution in [2.24, 2.45) is 4.99 Å². The minimum atomic E-state index is -0.169. The number of hydrogen-bond donors (Lipinski definition) is 1. The normalized spacial score (nSPS) is 11.8. The zero-order valence-corrected chi connectivity index (χ0v) is 16.6. The molecule has 6 nitrogen and oxygen atoms in total. The lowest BCUT2D eigenvalue weighted by molar-refractivity contribution is -0.118. The second kappa shape index (κ2) is 8.79. The standard InChI is InChI=1S/C22H20N4O2S/c27-20(25-22-26(13-14-29-22)15-16-7-2-1-3-8-16)12-6-11-19-23-18-10-5-4-9-17(18)21(28)24-19/h1-5,7-10,13-14H,6,11-12,15H2,(H,23,24,28). The van der Waals surface area contributed by atoms with Gasteiger partial charge in [-0.3, -0.25) is 9.59 Å². The summed E-state index contributed by atoms with van der Waals surface area (Å²) >= 11 is 1.45. The summed E-state index contributed by atoms with van der Waals surface area (Å²) in [6.07, 6.45) is 3.34. The van der Waals surface area contributed by atoms with Gasteiger partial charge in [-0.05, 0) is 24.1 Å². The first-order valence-corrected chi connectivity index (χ1v) is 10.3. The zero-order valence-electron chi connectivity index (χ0n) is 15.7. The SMILES string of the molecule is O=C(CCCc1nc2ccccc2c(=O)[nH]1)N=c1sccn1Cc1ccccc1.